The highest BCUT2D eigenvalue weighted by molar-refractivity contribution is 5.91. The van der Waals surface area contributed by atoms with Gasteiger partial charge in [0.05, 0.1) is 13.2 Å². The van der Waals surface area contributed by atoms with Gasteiger partial charge in [0, 0.05) is 11.3 Å². The van der Waals surface area contributed by atoms with Gasteiger partial charge in [-0.05, 0) is 19.1 Å². The van der Waals surface area contributed by atoms with Crippen molar-refractivity contribution in [2.24, 2.45) is 0 Å². The van der Waals surface area contributed by atoms with Crippen molar-refractivity contribution in [2.45, 2.75) is 13.5 Å². The molecule has 3 aromatic rings. The molecule has 0 aliphatic carbocycles. The van der Waals surface area contributed by atoms with Crippen molar-refractivity contribution < 1.29 is 14.1 Å². The lowest BCUT2D eigenvalue weighted by molar-refractivity contribution is -0.886. The number of aromatic nitrogens is 1. The van der Waals surface area contributed by atoms with Crippen LogP contribution in [0.15, 0.2) is 65.2 Å². The second-order valence-electron chi connectivity index (χ2n) is 6.21. The van der Waals surface area contributed by atoms with E-state index in [1.807, 2.05) is 68.6 Å². The number of carbonyl (C=O) groups excluding carboxylic acids is 1. The summed E-state index contributed by atoms with van der Waals surface area (Å²) in [5.41, 5.74) is 2.97. The number of anilines is 1. The Bertz CT molecular complexity index is 826. The molecule has 5 heteroatoms. The van der Waals surface area contributed by atoms with Gasteiger partial charge in [-0.3, -0.25) is 4.79 Å². The number of nitrogens with one attached hydrogen (secondary N) is 2. The number of likely N-dealkylation sites (N-methyl/N-ethyl adjacent to an activating group) is 1. The normalized spacial score (nSPS) is 11.9. The van der Waals surface area contributed by atoms with E-state index >= 15 is 0 Å². The van der Waals surface area contributed by atoms with Crippen molar-refractivity contribution in [1.29, 1.82) is 0 Å². The maximum atomic E-state index is 12.1. The van der Waals surface area contributed by atoms with Gasteiger partial charge in [0.15, 0.2) is 18.8 Å². The van der Waals surface area contributed by atoms with Crippen LogP contribution in [-0.4, -0.2) is 24.5 Å². The molecule has 25 heavy (non-hydrogen) atoms. The van der Waals surface area contributed by atoms with Gasteiger partial charge in [0.1, 0.15) is 0 Å². The number of oxazole rings is 1. The number of rotatable bonds is 6. The fraction of sp³-hybridized carbons (Fsp3) is 0.200. The quantitative estimate of drug-likeness (QED) is 0.726. The van der Waals surface area contributed by atoms with E-state index < -0.39 is 0 Å². The maximum Gasteiger partial charge on any atom is 0.279 e. The van der Waals surface area contributed by atoms with Crippen LogP contribution in [0.1, 0.15) is 11.5 Å². The summed E-state index contributed by atoms with van der Waals surface area (Å²) in [6, 6.07) is 17.6. The van der Waals surface area contributed by atoms with Crippen LogP contribution in [0.3, 0.4) is 0 Å². The third-order valence-corrected chi connectivity index (χ3v) is 3.86. The Morgan fingerprint density at radius 3 is 2.56 bits per heavy atom. The molecule has 1 aromatic heterocycles. The van der Waals surface area contributed by atoms with Gasteiger partial charge in [-0.15, -0.1) is 0 Å². The minimum atomic E-state index is -0.0313. The van der Waals surface area contributed by atoms with E-state index in [9.17, 15) is 4.79 Å². The third kappa shape index (κ3) is 4.78. The lowest BCUT2D eigenvalue weighted by Gasteiger charge is -2.12. The molecule has 1 atom stereocenters. The lowest BCUT2D eigenvalue weighted by Crippen LogP contribution is -3.08. The van der Waals surface area contributed by atoms with Gasteiger partial charge >= 0.3 is 0 Å². The summed E-state index contributed by atoms with van der Waals surface area (Å²) in [7, 11) is 1.95. The molecule has 0 saturated heterocycles. The molecule has 128 valence electrons. The molecule has 2 N–H and O–H groups in total. The molecular weight excluding hydrogens is 314 g/mol. The number of hydrogen-bond acceptors (Lipinski definition) is 3. The van der Waals surface area contributed by atoms with Crippen molar-refractivity contribution in [2.75, 3.05) is 18.9 Å². The molecule has 1 heterocycles. The number of amides is 1. The zero-order chi connectivity index (χ0) is 17.6. The number of aryl methyl sites for hydroxylation is 1. The first-order valence-electron chi connectivity index (χ1n) is 8.28. The van der Waals surface area contributed by atoms with Crippen LogP contribution in [0.4, 0.5) is 5.69 Å². The molecule has 0 aliphatic rings. The van der Waals surface area contributed by atoms with Crippen LogP contribution in [0, 0.1) is 6.92 Å². The van der Waals surface area contributed by atoms with Gasteiger partial charge in [-0.1, -0.05) is 48.0 Å². The van der Waals surface area contributed by atoms with Crippen molar-refractivity contribution in [3.63, 3.8) is 0 Å². The van der Waals surface area contributed by atoms with Crippen LogP contribution in [-0.2, 0) is 11.3 Å². The highest BCUT2D eigenvalue weighted by Gasteiger charge is 2.14. The molecule has 0 aliphatic heterocycles. The van der Waals surface area contributed by atoms with E-state index in [0.717, 1.165) is 21.9 Å². The van der Waals surface area contributed by atoms with Crippen molar-refractivity contribution in [3.05, 3.63) is 72.2 Å². The van der Waals surface area contributed by atoms with Crippen LogP contribution < -0.4 is 10.2 Å². The highest BCUT2D eigenvalue weighted by Crippen LogP contribution is 2.19. The summed E-state index contributed by atoms with van der Waals surface area (Å²) >= 11 is 0. The minimum absolute atomic E-state index is 0.0313. The minimum Gasteiger partial charge on any atom is -0.435 e. The zero-order valence-electron chi connectivity index (χ0n) is 14.5. The molecule has 3 rings (SSSR count). The Balaban J connectivity index is 1.54. The Labute approximate surface area is 147 Å². The Kier molecular flexibility index (Phi) is 5.26. The molecule has 0 saturated carbocycles. The van der Waals surface area contributed by atoms with Crippen molar-refractivity contribution >= 4 is 11.6 Å². The smallest absolute Gasteiger partial charge is 0.279 e. The summed E-state index contributed by atoms with van der Waals surface area (Å²) in [6.45, 7) is 2.91. The number of quaternary nitrogens is 1. The van der Waals surface area contributed by atoms with Gasteiger partial charge in [0.25, 0.3) is 11.8 Å². The first-order valence-corrected chi connectivity index (χ1v) is 8.28. The second kappa shape index (κ2) is 7.77. The van der Waals surface area contributed by atoms with Crippen LogP contribution in [0.25, 0.3) is 11.3 Å². The molecule has 1 unspecified atom stereocenters. The molecule has 1 amide bonds. The van der Waals surface area contributed by atoms with Crippen molar-refractivity contribution in [3.8, 4) is 11.3 Å². The van der Waals surface area contributed by atoms with Crippen LogP contribution in [0.5, 0.6) is 0 Å². The molecule has 0 bridgehead atoms. The van der Waals surface area contributed by atoms with Crippen LogP contribution >= 0.6 is 0 Å². The predicted octanol–water partition coefficient (Wildman–Crippen LogP) is 2.30. The van der Waals surface area contributed by atoms with Crippen molar-refractivity contribution in [1.82, 2.24) is 4.98 Å². The number of benzene rings is 2. The van der Waals surface area contributed by atoms with E-state index in [0.29, 0.717) is 19.0 Å². The topological polar surface area (TPSA) is 59.6 Å². The van der Waals surface area contributed by atoms with Gasteiger partial charge in [-0.25, -0.2) is 4.98 Å². The van der Waals surface area contributed by atoms with Gasteiger partial charge in [0.2, 0.25) is 0 Å². The average Bonchev–Trinajstić information content (AvgIpc) is 3.06. The number of hydrogen-bond donors (Lipinski definition) is 2. The molecule has 0 fully saturated rings. The van der Waals surface area contributed by atoms with E-state index in [1.165, 1.54) is 5.56 Å². The molecular formula is C20H22N3O2+. The summed E-state index contributed by atoms with van der Waals surface area (Å²) in [4.78, 5) is 17.5. The first kappa shape index (κ1) is 16.9. The fourth-order valence-corrected chi connectivity index (χ4v) is 2.56. The molecule has 5 nitrogen and oxygen atoms in total. The van der Waals surface area contributed by atoms with E-state index in [1.54, 1.807) is 6.20 Å². The fourth-order valence-electron chi connectivity index (χ4n) is 2.56. The summed E-state index contributed by atoms with van der Waals surface area (Å²) in [5.74, 6) is 1.34. The first-order chi connectivity index (χ1) is 12.1. The summed E-state index contributed by atoms with van der Waals surface area (Å²) < 4.78 is 5.79. The van der Waals surface area contributed by atoms with Crippen LogP contribution in [0.2, 0.25) is 0 Å². The molecule has 0 radical (unpaired) electrons. The van der Waals surface area contributed by atoms with E-state index in [4.69, 9.17) is 4.42 Å². The number of carbonyl (C=O) groups is 1. The maximum absolute atomic E-state index is 12.1. The molecule has 0 spiro atoms. The summed E-state index contributed by atoms with van der Waals surface area (Å²) in [5, 5.41) is 2.91. The Hall–Kier alpha value is -2.92. The van der Waals surface area contributed by atoms with Gasteiger partial charge in [-0.2, -0.15) is 0 Å². The second-order valence-corrected chi connectivity index (χ2v) is 6.21. The zero-order valence-corrected chi connectivity index (χ0v) is 14.5. The highest BCUT2D eigenvalue weighted by atomic mass is 16.4. The standard InChI is InChI=1S/C20H21N3O2/c1-15-8-10-17(11-9-15)22-19(24)13-23(2)14-20-21-12-18(25-20)16-6-4-3-5-7-16/h3-12H,13-14H2,1-2H3,(H,22,24)/p+1. The van der Waals surface area contributed by atoms with Gasteiger partial charge < -0.3 is 14.6 Å². The summed E-state index contributed by atoms with van der Waals surface area (Å²) in [6.07, 6.45) is 1.73. The largest absolute Gasteiger partial charge is 0.435 e. The monoisotopic (exact) mass is 336 g/mol. The number of nitrogens with zero attached hydrogens (tertiary/aromatic N) is 1. The lowest BCUT2D eigenvalue weighted by atomic mass is 10.2. The Morgan fingerprint density at radius 1 is 1.12 bits per heavy atom. The van der Waals surface area contributed by atoms with E-state index in [-0.39, 0.29) is 5.91 Å². The predicted molar refractivity (Wildman–Crippen MR) is 97.2 cm³/mol. The third-order valence-electron chi connectivity index (χ3n) is 3.86. The average molecular weight is 336 g/mol. The SMILES string of the molecule is Cc1ccc(NC(=O)C[NH+](C)Cc2ncc(-c3ccccc3)o2)cc1. The van der Waals surface area contributed by atoms with E-state index in [2.05, 4.69) is 10.3 Å². The molecule has 2 aromatic carbocycles. The Morgan fingerprint density at radius 2 is 1.84 bits per heavy atom.